The second kappa shape index (κ2) is 11.4. The molecule has 0 aromatic heterocycles. The minimum absolute atomic E-state index is 0.0232. The topological polar surface area (TPSA) is 152 Å². The number of hydrogen-bond donors (Lipinski definition) is 3. The number of aliphatic hydroxyl groups is 1. The van der Waals surface area contributed by atoms with Gasteiger partial charge in [-0.15, -0.1) is 0 Å². The number of hydrogen-bond acceptors (Lipinski definition) is 8. The maximum atomic E-state index is 13.8. The third-order valence-corrected chi connectivity index (χ3v) is 8.40. The maximum Gasteiger partial charge on any atom is 0.408 e. The smallest absolute Gasteiger partial charge is 0.408 e. The van der Waals surface area contributed by atoms with E-state index in [4.69, 9.17) is 10.5 Å². The highest BCUT2D eigenvalue weighted by atomic mass is 16.6. The molecule has 1 aliphatic carbocycles. The van der Waals surface area contributed by atoms with Gasteiger partial charge >= 0.3 is 6.09 Å². The van der Waals surface area contributed by atoms with Crippen LogP contribution >= 0.6 is 0 Å². The number of nitriles is 1. The summed E-state index contributed by atoms with van der Waals surface area (Å²) in [5.74, 6) is -0.445. The summed E-state index contributed by atoms with van der Waals surface area (Å²) in [5, 5.41) is 23.9. The van der Waals surface area contributed by atoms with Gasteiger partial charge in [0.15, 0.2) is 0 Å². The molecule has 6 unspecified atom stereocenters. The molecule has 2 heterocycles. The molecule has 4 rings (SSSR count). The Balaban J connectivity index is 1.49. The van der Waals surface area contributed by atoms with Gasteiger partial charge in [-0.2, -0.15) is 5.26 Å². The molecule has 1 aromatic rings. The van der Waals surface area contributed by atoms with E-state index in [1.165, 1.54) is 0 Å². The van der Waals surface area contributed by atoms with Crippen LogP contribution in [0, 0.1) is 17.2 Å². The SMILES string of the molecule is CC(c1ccc(C(N)=O)cc1)N1C(O)C(N(C)CC(NC(=O)OC(C)(C)C)C(=O)N2C(C#N)C[C@@H]3CC32)C[C@H]1C. The standard InChI is InChI=1S/C29H42N6O5/c1-16-11-24(27(38)34(16)17(2)18-7-9-19(10-8-18)25(31)36)33(6)15-22(32-28(39)40-29(3,4)5)26(37)35-21(14-30)12-20-13-23(20)35/h7-10,16-17,20-24,27,38H,11-13,15H2,1-6H3,(H2,31,36)(H,32,39)/t16-,17?,20-,21?,22?,23?,24?,27?/m1/s1. The third kappa shape index (κ3) is 6.24. The largest absolute Gasteiger partial charge is 0.444 e. The van der Waals surface area contributed by atoms with Crippen LogP contribution in [0.25, 0.3) is 0 Å². The number of carbonyl (C=O) groups is 3. The average Bonchev–Trinajstić information content (AvgIpc) is 3.43. The Bertz CT molecular complexity index is 1160. The minimum Gasteiger partial charge on any atom is -0.444 e. The molecule has 3 aliphatic rings. The predicted molar refractivity (Wildman–Crippen MR) is 148 cm³/mol. The van der Waals surface area contributed by atoms with Crippen molar-refractivity contribution in [1.29, 1.82) is 5.26 Å². The van der Waals surface area contributed by atoms with E-state index in [1.807, 2.05) is 42.8 Å². The highest BCUT2D eigenvalue weighted by Crippen LogP contribution is 2.48. The Morgan fingerprint density at radius 1 is 1.23 bits per heavy atom. The van der Waals surface area contributed by atoms with Gasteiger partial charge in [-0.1, -0.05) is 12.1 Å². The molecule has 2 aliphatic heterocycles. The molecule has 11 nitrogen and oxygen atoms in total. The maximum absolute atomic E-state index is 13.8. The van der Waals surface area contributed by atoms with Crippen molar-refractivity contribution in [3.8, 4) is 6.07 Å². The van der Waals surface area contributed by atoms with Gasteiger partial charge in [0.2, 0.25) is 11.8 Å². The number of amides is 3. The molecular weight excluding hydrogens is 512 g/mol. The Kier molecular flexibility index (Phi) is 8.45. The van der Waals surface area contributed by atoms with Gasteiger partial charge in [0, 0.05) is 30.2 Å². The Hall–Kier alpha value is -3.20. The van der Waals surface area contributed by atoms with Crippen LogP contribution in [0.4, 0.5) is 4.79 Å². The molecule has 2 saturated heterocycles. The normalized spacial score (nSPS) is 29.4. The second-order valence-electron chi connectivity index (χ2n) is 12.5. The van der Waals surface area contributed by atoms with Crippen molar-refractivity contribution in [2.75, 3.05) is 13.6 Å². The van der Waals surface area contributed by atoms with Crippen molar-refractivity contribution in [3.63, 3.8) is 0 Å². The molecule has 1 aromatic carbocycles. The van der Waals surface area contributed by atoms with Crippen LogP contribution in [-0.2, 0) is 9.53 Å². The number of nitrogens with zero attached hydrogens (tertiary/aromatic N) is 4. The van der Waals surface area contributed by atoms with Crippen LogP contribution in [0.2, 0.25) is 0 Å². The molecule has 218 valence electrons. The van der Waals surface area contributed by atoms with Crippen LogP contribution < -0.4 is 11.1 Å². The van der Waals surface area contributed by atoms with Crippen molar-refractivity contribution >= 4 is 17.9 Å². The van der Waals surface area contributed by atoms with E-state index in [0.717, 1.165) is 12.0 Å². The number of piperidine rings is 1. The summed E-state index contributed by atoms with van der Waals surface area (Å²) in [6, 6.07) is 7.46. The van der Waals surface area contributed by atoms with Crippen molar-refractivity contribution in [1.82, 2.24) is 20.0 Å². The predicted octanol–water partition coefficient (Wildman–Crippen LogP) is 1.97. The molecule has 3 amide bonds. The molecule has 3 fully saturated rings. The minimum atomic E-state index is -0.939. The lowest BCUT2D eigenvalue weighted by Gasteiger charge is -2.36. The van der Waals surface area contributed by atoms with Gasteiger partial charge in [0.25, 0.3) is 0 Å². The number of benzene rings is 1. The molecule has 1 saturated carbocycles. The summed E-state index contributed by atoms with van der Waals surface area (Å²) >= 11 is 0. The summed E-state index contributed by atoms with van der Waals surface area (Å²) in [4.78, 5) is 43.5. The van der Waals surface area contributed by atoms with Gasteiger partial charge < -0.3 is 25.8 Å². The molecule has 0 spiro atoms. The lowest BCUT2D eigenvalue weighted by molar-refractivity contribution is -0.135. The lowest BCUT2D eigenvalue weighted by atomic mass is 10.0. The van der Waals surface area contributed by atoms with E-state index in [1.54, 1.807) is 37.8 Å². The van der Waals surface area contributed by atoms with Crippen LogP contribution in [-0.4, -0.2) is 93.3 Å². The van der Waals surface area contributed by atoms with Gasteiger partial charge in [-0.3, -0.25) is 19.4 Å². The van der Waals surface area contributed by atoms with E-state index >= 15 is 0 Å². The first-order valence-electron chi connectivity index (χ1n) is 14.0. The molecule has 11 heteroatoms. The fraction of sp³-hybridized carbons (Fsp3) is 0.655. The summed E-state index contributed by atoms with van der Waals surface area (Å²) < 4.78 is 5.45. The number of nitrogens with two attached hydrogens (primary N) is 1. The van der Waals surface area contributed by atoms with Crippen molar-refractivity contribution in [2.24, 2.45) is 11.7 Å². The lowest BCUT2D eigenvalue weighted by Crippen LogP contribution is -2.57. The van der Waals surface area contributed by atoms with E-state index < -0.39 is 35.9 Å². The number of aliphatic hydroxyl groups excluding tert-OH is 1. The van der Waals surface area contributed by atoms with Crippen molar-refractivity contribution in [3.05, 3.63) is 35.4 Å². The second-order valence-corrected chi connectivity index (χ2v) is 12.5. The zero-order chi connectivity index (χ0) is 29.5. The molecule has 40 heavy (non-hydrogen) atoms. The number of ether oxygens (including phenoxy) is 1. The molecular formula is C29H42N6O5. The van der Waals surface area contributed by atoms with Gasteiger partial charge in [0.05, 0.1) is 12.1 Å². The number of alkyl carbamates (subject to hydrolysis) is 1. The monoisotopic (exact) mass is 554 g/mol. The van der Waals surface area contributed by atoms with Crippen LogP contribution in [0.15, 0.2) is 24.3 Å². The number of likely N-dealkylation sites (tertiary alicyclic amines) is 2. The fourth-order valence-electron chi connectivity index (χ4n) is 6.30. The number of likely N-dealkylation sites (N-methyl/N-ethyl adjacent to an activating group) is 1. The molecule has 0 radical (unpaired) electrons. The average molecular weight is 555 g/mol. The van der Waals surface area contributed by atoms with Crippen LogP contribution in [0.1, 0.15) is 75.8 Å². The number of fused-ring (bicyclic) bond motifs is 1. The highest BCUT2D eigenvalue weighted by Gasteiger charge is 2.55. The molecule has 4 N–H and O–H groups in total. The Labute approximate surface area is 236 Å². The van der Waals surface area contributed by atoms with Crippen molar-refractivity contribution in [2.45, 2.75) is 102 Å². The van der Waals surface area contributed by atoms with E-state index in [2.05, 4.69) is 11.4 Å². The number of nitrogens with one attached hydrogen (secondary N) is 1. The molecule has 8 atom stereocenters. The van der Waals surface area contributed by atoms with Crippen LogP contribution in [0.5, 0.6) is 0 Å². The summed E-state index contributed by atoms with van der Waals surface area (Å²) in [6.07, 6.45) is 0.645. The van der Waals surface area contributed by atoms with Gasteiger partial charge in [-0.05, 0) is 84.5 Å². The highest BCUT2D eigenvalue weighted by molar-refractivity contribution is 5.92. The summed E-state index contributed by atoms with van der Waals surface area (Å²) in [6.45, 7) is 9.45. The van der Waals surface area contributed by atoms with E-state index in [9.17, 15) is 24.8 Å². The van der Waals surface area contributed by atoms with Gasteiger partial charge in [0.1, 0.15) is 23.9 Å². The van der Waals surface area contributed by atoms with Crippen LogP contribution in [0.3, 0.4) is 0 Å². The third-order valence-electron chi connectivity index (χ3n) is 8.40. The van der Waals surface area contributed by atoms with E-state index in [0.29, 0.717) is 24.3 Å². The summed E-state index contributed by atoms with van der Waals surface area (Å²) in [5.41, 5.74) is 5.99. The zero-order valence-corrected chi connectivity index (χ0v) is 24.2. The number of carbonyl (C=O) groups excluding carboxylic acids is 3. The first-order chi connectivity index (χ1) is 18.7. The Morgan fingerprint density at radius 3 is 2.45 bits per heavy atom. The first-order valence-corrected chi connectivity index (χ1v) is 14.0. The number of rotatable bonds is 8. The zero-order valence-electron chi connectivity index (χ0n) is 24.2. The quantitative estimate of drug-likeness (QED) is 0.441. The van der Waals surface area contributed by atoms with Crippen molar-refractivity contribution < 1.29 is 24.2 Å². The number of primary amides is 1. The fourth-order valence-corrected chi connectivity index (χ4v) is 6.30. The molecule has 0 bridgehead atoms. The van der Waals surface area contributed by atoms with E-state index in [-0.39, 0.29) is 36.6 Å². The first kappa shape index (κ1) is 29.8. The summed E-state index contributed by atoms with van der Waals surface area (Å²) in [7, 11) is 1.83. The Morgan fingerprint density at radius 2 is 1.88 bits per heavy atom. The van der Waals surface area contributed by atoms with Gasteiger partial charge in [-0.25, -0.2) is 4.79 Å².